The summed E-state index contributed by atoms with van der Waals surface area (Å²) in [6, 6.07) is 14.6. The number of unbranched alkanes of at least 4 members (excludes halogenated alkanes) is 1. The first-order valence-corrected chi connectivity index (χ1v) is 11.9. The molecule has 1 aromatic heterocycles. The number of hydrogen-bond donors (Lipinski definition) is 1. The lowest BCUT2D eigenvalue weighted by atomic mass is 10.1. The van der Waals surface area contributed by atoms with Crippen LogP contribution in [0.1, 0.15) is 43.1 Å². The highest BCUT2D eigenvalue weighted by Gasteiger charge is 2.22. The molecule has 0 fully saturated rings. The molecule has 3 aromatic rings. The molecule has 3 rings (SSSR count). The molecule has 2 aromatic carbocycles. The molecule has 0 aliphatic heterocycles. The Morgan fingerprint density at radius 1 is 1.06 bits per heavy atom. The third kappa shape index (κ3) is 7.53. The van der Waals surface area contributed by atoms with Crippen LogP contribution >= 0.6 is 23.2 Å². The summed E-state index contributed by atoms with van der Waals surface area (Å²) in [6.45, 7) is 2.01. The summed E-state index contributed by atoms with van der Waals surface area (Å²) in [5, 5.41) is 15.2. The maximum Gasteiger partial charge on any atom is 0.407 e. The number of alkyl carbamates (subject to hydrolysis) is 1. The van der Waals surface area contributed by atoms with Gasteiger partial charge in [-0.25, -0.2) is 9.48 Å². The highest BCUT2D eigenvalue weighted by Crippen LogP contribution is 2.26. The van der Waals surface area contributed by atoms with Crippen molar-refractivity contribution >= 4 is 35.1 Å². The van der Waals surface area contributed by atoms with Gasteiger partial charge in [0.25, 0.3) is 0 Å². The molecule has 0 saturated carbocycles. The van der Waals surface area contributed by atoms with Gasteiger partial charge in [0, 0.05) is 16.5 Å². The van der Waals surface area contributed by atoms with Crippen LogP contribution in [0.2, 0.25) is 10.0 Å². The highest BCUT2D eigenvalue weighted by atomic mass is 35.5. The van der Waals surface area contributed by atoms with Gasteiger partial charge in [0.1, 0.15) is 6.54 Å². The zero-order chi connectivity index (χ0) is 24.3. The molecule has 1 atom stereocenters. The number of aromatic nitrogens is 4. The van der Waals surface area contributed by atoms with E-state index >= 15 is 0 Å². The Morgan fingerprint density at radius 3 is 2.50 bits per heavy atom. The third-order valence-corrected chi connectivity index (χ3v) is 6.04. The van der Waals surface area contributed by atoms with E-state index in [9.17, 15) is 9.59 Å². The van der Waals surface area contributed by atoms with Gasteiger partial charge in [-0.3, -0.25) is 4.79 Å². The van der Waals surface area contributed by atoms with Crippen molar-refractivity contribution in [1.82, 2.24) is 25.5 Å². The summed E-state index contributed by atoms with van der Waals surface area (Å²) in [6.07, 6.45) is 2.65. The molecule has 0 saturated heterocycles. The topological polar surface area (TPSA) is 99.0 Å². The van der Waals surface area contributed by atoms with E-state index in [2.05, 4.69) is 33.0 Å². The van der Waals surface area contributed by atoms with Crippen LogP contribution in [0.25, 0.3) is 0 Å². The maximum absolute atomic E-state index is 12.8. The van der Waals surface area contributed by atoms with E-state index in [0.29, 0.717) is 34.5 Å². The van der Waals surface area contributed by atoms with Gasteiger partial charge in [-0.15, -0.1) is 5.10 Å². The minimum atomic E-state index is -0.710. The molecular weight excluding hydrogens is 477 g/mol. The molecule has 0 bridgehead atoms. The van der Waals surface area contributed by atoms with Crippen LogP contribution in [-0.2, 0) is 28.9 Å². The predicted octanol–water partition coefficient (Wildman–Crippen LogP) is 4.67. The van der Waals surface area contributed by atoms with Crippen LogP contribution in [0.3, 0.4) is 0 Å². The van der Waals surface area contributed by atoms with E-state index in [1.807, 2.05) is 25.1 Å². The van der Waals surface area contributed by atoms with Crippen LogP contribution in [-0.4, -0.2) is 44.7 Å². The minimum absolute atomic E-state index is 0.0970. The van der Waals surface area contributed by atoms with Gasteiger partial charge in [-0.05, 0) is 59.4 Å². The fourth-order valence-electron chi connectivity index (χ4n) is 3.42. The number of halogens is 2. The lowest BCUT2D eigenvalue weighted by Crippen LogP contribution is -2.42. The smallest absolute Gasteiger partial charge is 0.407 e. The fourth-order valence-corrected chi connectivity index (χ4v) is 3.96. The van der Waals surface area contributed by atoms with Gasteiger partial charge in [0.05, 0.1) is 12.6 Å². The van der Waals surface area contributed by atoms with E-state index in [0.717, 1.165) is 19.3 Å². The van der Waals surface area contributed by atoms with E-state index < -0.39 is 12.1 Å². The summed E-state index contributed by atoms with van der Waals surface area (Å²) in [5.74, 6) is 0.210. The van der Waals surface area contributed by atoms with Gasteiger partial charge in [-0.1, -0.05) is 66.5 Å². The number of ether oxygens (including phenoxy) is 1. The van der Waals surface area contributed by atoms with Crippen molar-refractivity contribution in [3.63, 3.8) is 0 Å². The first-order valence-electron chi connectivity index (χ1n) is 11.2. The molecular formula is C24H27Cl2N5O3. The van der Waals surface area contributed by atoms with E-state index in [1.165, 1.54) is 10.2 Å². The lowest BCUT2D eigenvalue weighted by Gasteiger charge is -2.16. The number of rotatable bonds is 12. The average Bonchev–Trinajstić information content (AvgIpc) is 3.26. The van der Waals surface area contributed by atoms with Gasteiger partial charge >= 0.3 is 6.09 Å². The Labute approximate surface area is 208 Å². The molecule has 1 unspecified atom stereocenters. The fraction of sp³-hybridized carbons (Fsp3) is 0.375. The highest BCUT2D eigenvalue weighted by molar-refractivity contribution is 6.36. The Balaban J connectivity index is 1.46. The normalized spacial score (nSPS) is 11.7. The number of nitrogens with zero attached hydrogens (tertiary/aromatic N) is 4. The second kappa shape index (κ2) is 13.1. The van der Waals surface area contributed by atoms with Crippen LogP contribution in [0, 0.1) is 0 Å². The number of tetrazole rings is 1. The number of Topliss-reactive ketones (excluding diaryl/α,β-unsaturated/α-hetero) is 1. The van der Waals surface area contributed by atoms with E-state index in [1.54, 1.807) is 18.2 Å². The number of amides is 1. The lowest BCUT2D eigenvalue weighted by molar-refractivity contribution is -0.121. The van der Waals surface area contributed by atoms with Crippen LogP contribution in [0.5, 0.6) is 0 Å². The Hall–Kier alpha value is -2.97. The molecule has 0 aliphatic rings. The molecule has 8 nitrogen and oxygen atoms in total. The van der Waals surface area contributed by atoms with E-state index in [-0.39, 0.29) is 18.7 Å². The summed E-state index contributed by atoms with van der Waals surface area (Å²) in [4.78, 5) is 25.0. The second-order valence-corrected chi connectivity index (χ2v) is 8.59. The first kappa shape index (κ1) is 25.6. The molecule has 10 heteroatoms. The standard InChI is InChI=1S/C24H27Cl2N5O3/c1-2-21(27-24(33)34-14-7-6-11-17-9-4-3-5-10-17)22(32)16-31-23(28-29-30-31)15-18-19(25)12-8-13-20(18)26/h3-5,8-10,12-13,21H,2,6-7,11,14-16H2,1H3,(H,27,33). The number of hydrogen-bond acceptors (Lipinski definition) is 6. The Morgan fingerprint density at radius 2 is 1.79 bits per heavy atom. The monoisotopic (exact) mass is 503 g/mol. The molecule has 0 aliphatic carbocycles. The summed E-state index contributed by atoms with van der Waals surface area (Å²) < 4.78 is 6.64. The number of aryl methyl sites for hydroxylation is 1. The van der Waals surface area contributed by atoms with Crippen molar-refractivity contribution < 1.29 is 14.3 Å². The summed E-state index contributed by atoms with van der Waals surface area (Å²) in [5.41, 5.74) is 1.93. The molecule has 1 N–H and O–H groups in total. The molecule has 1 amide bonds. The largest absolute Gasteiger partial charge is 0.450 e. The third-order valence-electron chi connectivity index (χ3n) is 5.33. The zero-order valence-electron chi connectivity index (χ0n) is 18.9. The minimum Gasteiger partial charge on any atom is -0.450 e. The number of carbonyl (C=O) groups is 2. The number of benzene rings is 2. The van der Waals surface area contributed by atoms with Crippen molar-refractivity contribution in [2.24, 2.45) is 0 Å². The molecule has 180 valence electrons. The zero-order valence-corrected chi connectivity index (χ0v) is 20.4. The van der Waals surface area contributed by atoms with Gasteiger partial charge in [-0.2, -0.15) is 0 Å². The number of nitrogens with one attached hydrogen (secondary N) is 1. The Bertz CT molecular complexity index is 1070. The van der Waals surface area contributed by atoms with Crippen molar-refractivity contribution in [1.29, 1.82) is 0 Å². The second-order valence-electron chi connectivity index (χ2n) is 7.78. The van der Waals surface area contributed by atoms with Crippen molar-refractivity contribution in [2.75, 3.05) is 6.61 Å². The predicted molar refractivity (Wildman–Crippen MR) is 130 cm³/mol. The van der Waals surface area contributed by atoms with E-state index in [4.69, 9.17) is 27.9 Å². The quantitative estimate of drug-likeness (QED) is 0.360. The average molecular weight is 504 g/mol. The molecule has 34 heavy (non-hydrogen) atoms. The van der Waals surface area contributed by atoms with Crippen molar-refractivity contribution in [3.8, 4) is 0 Å². The molecule has 1 heterocycles. The van der Waals surface area contributed by atoms with Crippen molar-refractivity contribution in [2.45, 2.75) is 51.6 Å². The Kier molecular flexibility index (Phi) is 9.85. The molecule has 0 radical (unpaired) electrons. The first-order chi connectivity index (χ1) is 16.5. The van der Waals surface area contributed by atoms with Gasteiger partial charge < -0.3 is 10.1 Å². The van der Waals surface area contributed by atoms with Gasteiger partial charge in [0.15, 0.2) is 11.6 Å². The summed E-state index contributed by atoms with van der Waals surface area (Å²) >= 11 is 12.5. The van der Waals surface area contributed by atoms with Gasteiger partial charge in [0.2, 0.25) is 0 Å². The number of carbonyl (C=O) groups excluding carboxylic acids is 2. The van der Waals surface area contributed by atoms with Crippen LogP contribution < -0.4 is 5.32 Å². The van der Waals surface area contributed by atoms with Crippen molar-refractivity contribution in [3.05, 3.63) is 75.5 Å². The SMILES string of the molecule is CCC(NC(=O)OCCCCc1ccccc1)C(=O)Cn1nnnc1Cc1c(Cl)cccc1Cl. The maximum atomic E-state index is 12.8. The van der Waals surface area contributed by atoms with Crippen LogP contribution in [0.4, 0.5) is 4.79 Å². The molecule has 0 spiro atoms. The number of ketones is 1. The summed E-state index contributed by atoms with van der Waals surface area (Å²) in [7, 11) is 0. The van der Waals surface area contributed by atoms with Crippen LogP contribution in [0.15, 0.2) is 48.5 Å².